The quantitative estimate of drug-likeness (QED) is 0.879. The van der Waals surface area contributed by atoms with Gasteiger partial charge in [0.15, 0.2) is 0 Å². The maximum absolute atomic E-state index is 13.5. The highest BCUT2D eigenvalue weighted by molar-refractivity contribution is 5.16. The van der Waals surface area contributed by atoms with Gasteiger partial charge in [-0.25, -0.2) is 4.39 Å². The van der Waals surface area contributed by atoms with Crippen LogP contribution in [-0.2, 0) is 6.54 Å². The van der Waals surface area contributed by atoms with Crippen LogP contribution in [0.2, 0.25) is 0 Å². The van der Waals surface area contributed by atoms with Gasteiger partial charge in [0.25, 0.3) is 0 Å². The Bertz CT molecular complexity index is 389. The van der Waals surface area contributed by atoms with Crippen molar-refractivity contribution in [2.75, 3.05) is 33.2 Å². The molecule has 1 aliphatic rings. The lowest BCUT2D eigenvalue weighted by Gasteiger charge is -2.31. The first-order valence-electron chi connectivity index (χ1n) is 7.05. The van der Waals surface area contributed by atoms with Gasteiger partial charge < -0.3 is 15.5 Å². The summed E-state index contributed by atoms with van der Waals surface area (Å²) in [6, 6.07) is 7.38. The largest absolute Gasteiger partial charge is 0.328 e. The Kier molecular flexibility index (Phi) is 5.31. The number of nitrogens with zero attached hydrogens (tertiary/aromatic N) is 2. The van der Waals surface area contributed by atoms with Gasteiger partial charge in [-0.15, -0.1) is 0 Å². The zero-order chi connectivity index (χ0) is 13.7. The molecule has 1 saturated heterocycles. The lowest BCUT2D eigenvalue weighted by molar-refractivity contribution is 0.183. The van der Waals surface area contributed by atoms with E-state index in [9.17, 15) is 4.39 Å². The van der Waals surface area contributed by atoms with Gasteiger partial charge in [-0.3, -0.25) is 0 Å². The Morgan fingerprint density at radius 2 is 2.00 bits per heavy atom. The van der Waals surface area contributed by atoms with Gasteiger partial charge in [0, 0.05) is 31.2 Å². The lowest BCUT2D eigenvalue weighted by Crippen LogP contribution is -2.42. The van der Waals surface area contributed by atoms with Crippen LogP contribution in [0.3, 0.4) is 0 Å². The molecular weight excluding hydrogens is 241 g/mol. The van der Waals surface area contributed by atoms with E-state index in [1.54, 1.807) is 6.07 Å². The molecule has 0 amide bonds. The van der Waals surface area contributed by atoms with E-state index >= 15 is 0 Å². The number of halogens is 1. The predicted octanol–water partition coefficient (Wildman–Crippen LogP) is 1.68. The molecule has 1 fully saturated rings. The van der Waals surface area contributed by atoms with Crippen LogP contribution in [0, 0.1) is 5.82 Å². The molecule has 4 heteroatoms. The first-order valence-corrected chi connectivity index (χ1v) is 7.05. The number of hydrogen-bond acceptors (Lipinski definition) is 3. The molecule has 0 unspecified atom stereocenters. The summed E-state index contributed by atoms with van der Waals surface area (Å²) in [5.74, 6) is -0.113. The lowest BCUT2D eigenvalue weighted by atomic mass is 10.1. The summed E-state index contributed by atoms with van der Waals surface area (Å²) in [6.45, 7) is 4.85. The highest BCUT2D eigenvalue weighted by Gasteiger charge is 2.16. The maximum Gasteiger partial charge on any atom is 0.127 e. The van der Waals surface area contributed by atoms with Crippen LogP contribution in [0.5, 0.6) is 0 Å². The average molecular weight is 265 g/mol. The summed E-state index contributed by atoms with van der Waals surface area (Å²) in [5.41, 5.74) is 6.66. The number of likely N-dealkylation sites (N-methyl/N-ethyl adjacent to an activating group) is 1. The van der Waals surface area contributed by atoms with E-state index in [1.807, 2.05) is 19.2 Å². The second-order valence-electron chi connectivity index (χ2n) is 5.51. The minimum Gasteiger partial charge on any atom is -0.328 e. The average Bonchev–Trinajstić information content (AvgIpc) is 2.41. The summed E-state index contributed by atoms with van der Waals surface area (Å²) in [7, 11) is 2.04. The summed E-state index contributed by atoms with van der Waals surface area (Å²) in [5, 5.41) is 0. The molecule has 1 aromatic carbocycles. The van der Waals surface area contributed by atoms with Crippen molar-refractivity contribution in [3.63, 3.8) is 0 Å². The molecule has 1 heterocycles. The van der Waals surface area contributed by atoms with Crippen LogP contribution >= 0.6 is 0 Å². The summed E-state index contributed by atoms with van der Waals surface area (Å²) in [4.78, 5) is 4.62. The molecule has 106 valence electrons. The molecule has 0 aliphatic carbocycles. The fraction of sp³-hybridized carbons (Fsp3) is 0.600. The van der Waals surface area contributed by atoms with Crippen LogP contribution in [0.4, 0.5) is 4.39 Å². The Labute approximate surface area is 115 Å². The fourth-order valence-corrected chi connectivity index (χ4v) is 2.49. The van der Waals surface area contributed by atoms with E-state index in [-0.39, 0.29) is 5.82 Å². The molecular formula is C15H24FN3. The van der Waals surface area contributed by atoms with Gasteiger partial charge >= 0.3 is 0 Å². The van der Waals surface area contributed by atoms with Crippen molar-refractivity contribution in [2.45, 2.75) is 25.4 Å². The van der Waals surface area contributed by atoms with Crippen molar-refractivity contribution >= 4 is 0 Å². The fourth-order valence-electron chi connectivity index (χ4n) is 2.49. The standard InChI is InChI=1S/C15H24FN3/c1-18(12-13-4-2-3-5-15(13)16)10-11-19-8-6-14(17)7-9-19/h2-5,14H,6-12,17H2,1H3. The molecule has 1 aromatic rings. The third-order valence-corrected chi connectivity index (χ3v) is 3.83. The van der Waals surface area contributed by atoms with E-state index in [1.165, 1.54) is 6.07 Å². The zero-order valence-corrected chi connectivity index (χ0v) is 11.7. The van der Waals surface area contributed by atoms with Crippen LogP contribution in [0.25, 0.3) is 0 Å². The van der Waals surface area contributed by atoms with Crippen molar-refractivity contribution in [3.05, 3.63) is 35.6 Å². The van der Waals surface area contributed by atoms with Gasteiger partial charge in [-0.1, -0.05) is 18.2 Å². The van der Waals surface area contributed by atoms with Gasteiger partial charge in [-0.2, -0.15) is 0 Å². The van der Waals surface area contributed by atoms with Crippen LogP contribution in [0.15, 0.2) is 24.3 Å². The molecule has 2 rings (SSSR count). The molecule has 19 heavy (non-hydrogen) atoms. The highest BCUT2D eigenvalue weighted by atomic mass is 19.1. The molecule has 0 atom stereocenters. The third-order valence-electron chi connectivity index (χ3n) is 3.83. The Balaban J connectivity index is 1.73. The molecule has 0 saturated carbocycles. The maximum atomic E-state index is 13.5. The van der Waals surface area contributed by atoms with Crippen molar-refractivity contribution in [1.29, 1.82) is 0 Å². The van der Waals surface area contributed by atoms with Crippen molar-refractivity contribution in [1.82, 2.24) is 9.80 Å². The van der Waals surface area contributed by atoms with Gasteiger partial charge in [-0.05, 0) is 39.0 Å². The molecule has 3 nitrogen and oxygen atoms in total. The van der Waals surface area contributed by atoms with Gasteiger partial charge in [0.2, 0.25) is 0 Å². The monoisotopic (exact) mass is 265 g/mol. The smallest absolute Gasteiger partial charge is 0.127 e. The normalized spacial score (nSPS) is 18.1. The van der Waals surface area contributed by atoms with Gasteiger partial charge in [0.1, 0.15) is 5.82 Å². The molecule has 2 N–H and O–H groups in total. The van der Waals surface area contributed by atoms with E-state index < -0.39 is 0 Å². The number of rotatable bonds is 5. The molecule has 0 radical (unpaired) electrons. The van der Waals surface area contributed by atoms with Crippen molar-refractivity contribution in [2.24, 2.45) is 5.73 Å². The summed E-state index contributed by atoms with van der Waals surface area (Å²) >= 11 is 0. The minimum atomic E-state index is -0.113. The first kappa shape index (κ1) is 14.4. The minimum absolute atomic E-state index is 0.113. The highest BCUT2D eigenvalue weighted by Crippen LogP contribution is 2.10. The SMILES string of the molecule is CN(CCN1CCC(N)CC1)Cc1ccccc1F. The molecule has 0 aromatic heterocycles. The van der Waals surface area contributed by atoms with E-state index in [2.05, 4.69) is 9.80 Å². The summed E-state index contributed by atoms with van der Waals surface area (Å²) < 4.78 is 13.5. The van der Waals surface area contributed by atoms with E-state index in [4.69, 9.17) is 5.73 Å². The predicted molar refractivity (Wildman–Crippen MR) is 76.4 cm³/mol. The van der Waals surface area contributed by atoms with Crippen LogP contribution < -0.4 is 5.73 Å². The van der Waals surface area contributed by atoms with Crippen molar-refractivity contribution < 1.29 is 4.39 Å². The second kappa shape index (κ2) is 6.98. The Morgan fingerprint density at radius 3 is 2.68 bits per heavy atom. The number of hydrogen-bond donors (Lipinski definition) is 1. The number of likely N-dealkylation sites (tertiary alicyclic amines) is 1. The molecule has 0 bridgehead atoms. The molecule has 1 aliphatic heterocycles. The number of nitrogens with two attached hydrogens (primary N) is 1. The molecule has 0 spiro atoms. The Morgan fingerprint density at radius 1 is 1.32 bits per heavy atom. The summed E-state index contributed by atoms with van der Waals surface area (Å²) in [6.07, 6.45) is 2.19. The van der Waals surface area contributed by atoms with Crippen LogP contribution in [0.1, 0.15) is 18.4 Å². The number of piperidine rings is 1. The van der Waals surface area contributed by atoms with E-state index in [0.29, 0.717) is 12.6 Å². The number of benzene rings is 1. The second-order valence-corrected chi connectivity index (χ2v) is 5.51. The topological polar surface area (TPSA) is 32.5 Å². The van der Waals surface area contributed by atoms with Crippen LogP contribution in [-0.4, -0.2) is 49.1 Å². The third kappa shape index (κ3) is 4.56. The Hall–Kier alpha value is -0.970. The first-order chi connectivity index (χ1) is 9.15. The van der Waals surface area contributed by atoms with Crippen molar-refractivity contribution in [3.8, 4) is 0 Å². The van der Waals surface area contributed by atoms with Gasteiger partial charge in [0.05, 0.1) is 0 Å². The van der Waals surface area contributed by atoms with E-state index in [0.717, 1.165) is 44.6 Å². The zero-order valence-electron chi connectivity index (χ0n) is 11.7.